The average Bonchev–Trinajstić information content (AvgIpc) is 2.57. The normalized spacial score (nSPS) is 16.6. The minimum absolute atomic E-state index is 0.447. The van der Waals surface area contributed by atoms with Crippen LogP contribution in [0.5, 0.6) is 0 Å². The zero-order chi connectivity index (χ0) is 12.3. The van der Waals surface area contributed by atoms with Gasteiger partial charge in [-0.15, -0.1) is 0 Å². The first-order valence-corrected chi connectivity index (χ1v) is 5.71. The summed E-state index contributed by atoms with van der Waals surface area (Å²) >= 11 is 0. The number of rotatable bonds is 2. The Balaban J connectivity index is 2.37. The van der Waals surface area contributed by atoms with Gasteiger partial charge in [0.05, 0.1) is 23.5 Å². The van der Waals surface area contributed by atoms with E-state index >= 15 is 0 Å². The number of hydrogen-bond donors (Lipinski definition) is 2. The van der Waals surface area contributed by atoms with Crippen molar-refractivity contribution in [2.24, 2.45) is 5.73 Å². The van der Waals surface area contributed by atoms with Crippen LogP contribution in [0.3, 0.4) is 0 Å². The van der Waals surface area contributed by atoms with Crippen molar-refractivity contribution < 1.29 is 9.53 Å². The molecular formula is C12H17N3O2. The minimum atomic E-state index is -0.447. The van der Waals surface area contributed by atoms with Crippen molar-refractivity contribution in [3.63, 3.8) is 0 Å². The van der Waals surface area contributed by atoms with Gasteiger partial charge >= 0.3 is 0 Å². The topological polar surface area (TPSA) is 81.6 Å². The maximum Gasteiger partial charge on any atom is 0.250 e. The summed E-state index contributed by atoms with van der Waals surface area (Å²) in [6, 6.07) is 5.24. The van der Waals surface area contributed by atoms with E-state index in [0.717, 1.165) is 31.8 Å². The molecule has 0 saturated carbocycles. The Morgan fingerprint density at radius 2 is 2.12 bits per heavy atom. The van der Waals surface area contributed by atoms with Gasteiger partial charge in [0, 0.05) is 19.7 Å². The summed E-state index contributed by atoms with van der Waals surface area (Å²) in [5.41, 5.74) is 13.1. The molecule has 1 fully saturated rings. The fraction of sp³-hybridized carbons (Fsp3) is 0.417. The lowest BCUT2D eigenvalue weighted by molar-refractivity contribution is 0.100. The maximum atomic E-state index is 11.4. The van der Waals surface area contributed by atoms with Gasteiger partial charge < -0.3 is 21.1 Å². The molecule has 1 aromatic carbocycles. The molecule has 0 aliphatic carbocycles. The molecule has 1 amide bonds. The lowest BCUT2D eigenvalue weighted by Crippen LogP contribution is -2.29. The SMILES string of the molecule is NC(=O)c1cccc(N)c1N1CCCOCC1. The van der Waals surface area contributed by atoms with Crippen LogP contribution >= 0.6 is 0 Å². The van der Waals surface area contributed by atoms with E-state index < -0.39 is 5.91 Å². The first-order chi connectivity index (χ1) is 8.20. The van der Waals surface area contributed by atoms with Gasteiger partial charge in [-0.2, -0.15) is 0 Å². The molecule has 0 radical (unpaired) electrons. The van der Waals surface area contributed by atoms with Gasteiger partial charge in [0.1, 0.15) is 0 Å². The smallest absolute Gasteiger partial charge is 0.250 e. The molecule has 1 aromatic rings. The monoisotopic (exact) mass is 235 g/mol. The van der Waals surface area contributed by atoms with Crippen molar-refractivity contribution in [2.45, 2.75) is 6.42 Å². The molecule has 0 spiro atoms. The summed E-state index contributed by atoms with van der Waals surface area (Å²) in [5, 5.41) is 0. The van der Waals surface area contributed by atoms with Gasteiger partial charge in [0.15, 0.2) is 0 Å². The molecule has 2 rings (SSSR count). The third-order valence-corrected chi connectivity index (χ3v) is 2.87. The van der Waals surface area contributed by atoms with E-state index in [2.05, 4.69) is 4.90 Å². The van der Waals surface area contributed by atoms with E-state index in [1.807, 2.05) is 0 Å². The van der Waals surface area contributed by atoms with Crippen LogP contribution in [0.4, 0.5) is 11.4 Å². The van der Waals surface area contributed by atoms with Crippen LogP contribution in [0.1, 0.15) is 16.8 Å². The van der Waals surface area contributed by atoms with Crippen molar-refractivity contribution in [1.29, 1.82) is 0 Å². The molecule has 17 heavy (non-hydrogen) atoms. The maximum absolute atomic E-state index is 11.4. The number of primary amides is 1. The number of amides is 1. The molecule has 1 aliphatic heterocycles. The Labute approximate surface area is 100 Å². The molecule has 0 atom stereocenters. The van der Waals surface area contributed by atoms with Crippen molar-refractivity contribution >= 4 is 17.3 Å². The molecule has 5 heteroatoms. The Hall–Kier alpha value is -1.75. The van der Waals surface area contributed by atoms with E-state index in [1.54, 1.807) is 18.2 Å². The summed E-state index contributed by atoms with van der Waals surface area (Å²) in [7, 11) is 0. The zero-order valence-corrected chi connectivity index (χ0v) is 9.69. The van der Waals surface area contributed by atoms with Gasteiger partial charge in [-0.1, -0.05) is 6.07 Å². The summed E-state index contributed by atoms with van der Waals surface area (Å²) in [5.74, 6) is -0.447. The van der Waals surface area contributed by atoms with Gasteiger partial charge in [0.25, 0.3) is 5.91 Å². The number of carbonyl (C=O) groups is 1. The van der Waals surface area contributed by atoms with Gasteiger partial charge in [-0.3, -0.25) is 4.79 Å². The summed E-state index contributed by atoms with van der Waals surface area (Å²) < 4.78 is 5.39. The first kappa shape index (κ1) is 11.7. The Bertz CT molecular complexity index is 412. The molecule has 0 aromatic heterocycles. The molecule has 92 valence electrons. The number of para-hydroxylation sites is 1. The molecule has 0 unspecified atom stereocenters. The van der Waals surface area contributed by atoms with Crippen LogP contribution < -0.4 is 16.4 Å². The van der Waals surface area contributed by atoms with Crippen LogP contribution in [0, 0.1) is 0 Å². The van der Waals surface area contributed by atoms with E-state index in [9.17, 15) is 4.79 Å². The zero-order valence-electron chi connectivity index (χ0n) is 9.69. The van der Waals surface area contributed by atoms with Gasteiger partial charge in [-0.25, -0.2) is 0 Å². The Morgan fingerprint density at radius 3 is 2.88 bits per heavy atom. The quantitative estimate of drug-likeness (QED) is 0.735. The number of carbonyl (C=O) groups excluding carboxylic acids is 1. The van der Waals surface area contributed by atoms with Crippen molar-refractivity contribution in [3.8, 4) is 0 Å². The van der Waals surface area contributed by atoms with E-state index in [1.165, 1.54) is 0 Å². The van der Waals surface area contributed by atoms with Gasteiger partial charge in [-0.05, 0) is 18.6 Å². The highest BCUT2D eigenvalue weighted by Gasteiger charge is 2.18. The fourth-order valence-corrected chi connectivity index (χ4v) is 2.08. The first-order valence-electron chi connectivity index (χ1n) is 5.71. The number of hydrogen-bond acceptors (Lipinski definition) is 4. The largest absolute Gasteiger partial charge is 0.397 e. The van der Waals surface area contributed by atoms with E-state index in [0.29, 0.717) is 17.9 Å². The molecule has 5 nitrogen and oxygen atoms in total. The lowest BCUT2D eigenvalue weighted by atomic mass is 10.1. The van der Waals surface area contributed by atoms with Crippen LogP contribution in [-0.4, -0.2) is 32.2 Å². The van der Waals surface area contributed by atoms with Crippen LogP contribution in [0.25, 0.3) is 0 Å². The number of anilines is 2. The number of ether oxygens (including phenoxy) is 1. The number of nitrogens with zero attached hydrogens (tertiary/aromatic N) is 1. The Morgan fingerprint density at radius 1 is 1.29 bits per heavy atom. The number of nitrogens with two attached hydrogens (primary N) is 2. The minimum Gasteiger partial charge on any atom is -0.397 e. The second-order valence-electron chi connectivity index (χ2n) is 4.06. The van der Waals surface area contributed by atoms with E-state index in [-0.39, 0.29) is 0 Å². The third-order valence-electron chi connectivity index (χ3n) is 2.87. The second kappa shape index (κ2) is 5.05. The molecular weight excluding hydrogens is 218 g/mol. The van der Waals surface area contributed by atoms with Crippen LogP contribution in [-0.2, 0) is 4.74 Å². The second-order valence-corrected chi connectivity index (χ2v) is 4.06. The van der Waals surface area contributed by atoms with Crippen molar-refractivity contribution in [1.82, 2.24) is 0 Å². The molecule has 0 bridgehead atoms. The van der Waals surface area contributed by atoms with Crippen LogP contribution in [0.15, 0.2) is 18.2 Å². The van der Waals surface area contributed by atoms with E-state index in [4.69, 9.17) is 16.2 Å². The molecule has 1 heterocycles. The number of benzene rings is 1. The highest BCUT2D eigenvalue weighted by atomic mass is 16.5. The fourth-order valence-electron chi connectivity index (χ4n) is 2.08. The summed E-state index contributed by atoms with van der Waals surface area (Å²) in [4.78, 5) is 13.5. The summed E-state index contributed by atoms with van der Waals surface area (Å²) in [6.07, 6.45) is 0.923. The van der Waals surface area contributed by atoms with Crippen LogP contribution in [0.2, 0.25) is 0 Å². The summed E-state index contributed by atoms with van der Waals surface area (Å²) in [6.45, 7) is 2.95. The predicted molar refractivity (Wildman–Crippen MR) is 67.0 cm³/mol. The molecule has 1 aliphatic rings. The molecule has 4 N–H and O–H groups in total. The lowest BCUT2D eigenvalue weighted by Gasteiger charge is -2.25. The highest BCUT2D eigenvalue weighted by Crippen LogP contribution is 2.28. The van der Waals surface area contributed by atoms with Crippen molar-refractivity contribution in [3.05, 3.63) is 23.8 Å². The highest BCUT2D eigenvalue weighted by molar-refractivity contribution is 6.01. The average molecular weight is 235 g/mol. The predicted octanol–water partition coefficient (Wildman–Crippen LogP) is 0.594. The Kier molecular flexibility index (Phi) is 3.49. The standard InChI is InChI=1S/C12H17N3O2/c13-10-4-1-3-9(12(14)16)11(10)15-5-2-7-17-8-6-15/h1,3-4H,2,5-8,13H2,(H2,14,16). The third kappa shape index (κ3) is 2.50. The van der Waals surface area contributed by atoms with Gasteiger partial charge in [0.2, 0.25) is 0 Å². The van der Waals surface area contributed by atoms with Crippen molar-refractivity contribution in [2.75, 3.05) is 36.9 Å². The molecule has 1 saturated heterocycles. The number of nitrogen functional groups attached to an aromatic ring is 1.